The van der Waals surface area contributed by atoms with Crippen LogP contribution in [0, 0.1) is 0 Å². The van der Waals surface area contributed by atoms with E-state index in [2.05, 4.69) is 21.3 Å². The molecule has 2 amide bonds. The standard InChI is InChI=1S/C15H22N4OS2/c20-15(19-5-9-22-10-6-19)17-12-13-1-2-16-14(11-13)18-3-7-21-8-4-18/h1-2,11H,3-10,12H2,(H,17,20). The number of anilines is 1. The summed E-state index contributed by atoms with van der Waals surface area (Å²) >= 11 is 3.90. The zero-order chi connectivity index (χ0) is 15.2. The number of urea groups is 1. The zero-order valence-corrected chi connectivity index (χ0v) is 14.3. The lowest BCUT2D eigenvalue weighted by molar-refractivity contribution is 0.202. The third-order valence-corrected chi connectivity index (χ3v) is 5.77. The molecule has 0 spiro atoms. The number of carbonyl (C=O) groups excluding carboxylic acids is 1. The van der Waals surface area contributed by atoms with Gasteiger partial charge in [0.2, 0.25) is 0 Å². The molecule has 7 heteroatoms. The largest absolute Gasteiger partial charge is 0.355 e. The van der Waals surface area contributed by atoms with Gasteiger partial charge < -0.3 is 15.1 Å². The molecule has 1 aromatic rings. The Morgan fingerprint density at radius 1 is 1.14 bits per heavy atom. The molecule has 0 radical (unpaired) electrons. The molecule has 0 unspecified atom stereocenters. The van der Waals surface area contributed by atoms with Gasteiger partial charge in [-0.25, -0.2) is 9.78 Å². The van der Waals surface area contributed by atoms with Gasteiger partial charge in [-0.2, -0.15) is 23.5 Å². The van der Waals surface area contributed by atoms with Crippen molar-refractivity contribution in [1.82, 2.24) is 15.2 Å². The quantitative estimate of drug-likeness (QED) is 0.912. The van der Waals surface area contributed by atoms with Crippen molar-refractivity contribution in [2.75, 3.05) is 54.1 Å². The van der Waals surface area contributed by atoms with Gasteiger partial charge in [-0.3, -0.25) is 0 Å². The number of nitrogens with one attached hydrogen (secondary N) is 1. The molecular weight excluding hydrogens is 316 g/mol. The Kier molecular flexibility index (Phi) is 5.72. The number of thioether (sulfide) groups is 2. The fraction of sp³-hybridized carbons (Fsp3) is 0.600. The first-order valence-electron chi connectivity index (χ1n) is 7.71. The van der Waals surface area contributed by atoms with E-state index in [1.807, 2.05) is 40.7 Å². The number of carbonyl (C=O) groups is 1. The maximum atomic E-state index is 12.1. The average Bonchev–Trinajstić information content (AvgIpc) is 2.61. The third kappa shape index (κ3) is 4.23. The number of aromatic nitrogens is 1. The van der Waals surface area contributed by atoms with Crippen LogP contribution in [0.2, 0.25) is 0 Å². The fourth-order valence-corrected chi connectivity index (χ4v) is 4.40. The second-order valence-electron chi connectivity index (χ2n) is 5.38. The molecule has 22 heavy (non-hydrogen) atoms. The minimum atomic E-state index is 0.0491. The third-order valence-electron chi connectivity index (χ3n) is 3.89. The van der Waals surface area contributed by atoms with E-state index in [0.29, 0.717) is 6.54 Å². The van der Waals surface area contributed by atoms with Crippen molar-refractivity contribution in [2.45, 2.75) is 6.54 Å². The van der Waals surface area contributed by atoms with Gasteiger partial charge in [0.15, 0.2) is 0 Å². The molecule has 3 rings (SSSR count). The molecule has 1 N–H and O–H groups in total. The Morgan fingerprint density at radius 2 is 1.82 bits per heavy atom. The lowest BCUT2D eigenvalue weighted by Gasteiger charge is -2.28. The van der Waals surface area contributed by atoms with Crippen molar-refractivity contribution in [3.8, 4) is 0 Å². The minimum absolute atomic E-state index is 0.0491. The molecule has 0 aromatic carbocycles. The van der Waals surface area contributed by atoms with Crippen LogP contribution < -0.4 is 10.2 Å². The summed E-state index contributed by atoms with van der Waals surface area (Å²) in [7, 11) is 0. The summed E-state index contributed by atoms with van der Waals surface area (Å²) in [5.41, 5.74) is 1.11. The Bertz CT molecular complexity index is 502. The normalized spacial score (nSPS) is 19.1. The van der Waals surface area contributed by atoms with Crippen LogP contribution in [0.1, 0.15) is 5.56 Å². The fourth-order valence-electron chi connectivity index (χ4n) is 2.59. The van der Waals surface area contributed by atoms with Crippen LogP contribution in [0.3, 0.4) is 0 Å². The highest BCUT2D eigenvalue weighted by atomic mass is 32.2. The van der Waals surface area contributed by atoms with Crippen molar-refractivity contribution >= 4 is 35.4 Å². The Labute approximate surface area is 140 Å². The lowest BCUT2D eigenvalue weighted by atomic mass is 10.2. The molecule has 120 valence electrons. The Balaban J connectivity index is 1.54. The molecule has 3 heterocycles. The summed E-state index contributed by atoms with van der Waals surface area (Å²) in [6.45, 7) is 4.38. The Hall–Kier alpha value is -1.08. The molecule has 0 atom stereocenters. The Morgan fingerprint density at radius 3 is 2.55 bits per heavy atom. The molecule has 2 aliphatic heterocycles. The van der Waals surface area contributed by atoms with E-state index in [4.69, 9.17) is 0 Å². The van der Waals surface area contributed by atoms with Crippen molar-refractivity contribution < 1.29 is 4.79 Å². The number of hydrogen-bond acceptors (Lipinski definition) is 5. The van der Waals surface area contributed by atoms with Gasteiger partial charge in [-0.1, -0.05) is 0 Å². The van der Waals surface area contributed by atoms with Crippen LogP contribution in [-0.2, 0) is 6.54 Å². The van der Waals surface area contributed by atoms with Gasteiger partial charge >= 0.3 is 6.03 Å². The summed E-state index contributed by atoms with van der Waals surface area (Å²) in [5.74, 6) is 5.44. The van der Waals surface area contributed by atoms with Crippen LogP contribution in [0.4, 0.5) is 10.6 Å². The summed E-state index contributed by atoms with van der Waals surface area (Å²) < 4.78 is 0. The number of hydrogen-bond donors (Lipinski definition) is 1. The van der Waals surface area contributed by atoms with E-state index in [1.54, 1.807) is 0 Å². The molecule has 5 nitrogen and oxygen atoms in total. The van der Waals surface area contributed by atoms with Crippen molar-refractivity contribution in [3.63, 3.8) is 0 Å². The minimum Gasteiger partial charge on any atom is -0.355 e. The second-order valence-corrected chi connectivity index (χ2v) is 7.83. The average molecular weight is 339 g/mol. The zero-order valence-electron chi connectivity index (χ0n) is 12.7. The van der Waals surface area contributed by atoms with E-state index >= 15 is 0 Å². The van der Waals surface area contributed by atoms with Crippen LogP contribution in [0.25, 0.3) is 0 Å². The summed E-state index contributed by atoms with van der Waals surface area (Å²) in [6.07, 6.45) is 1.84. The van der Waals surface area contributed by atoms with Crippen LogP contribution >= 0.6 is 23.5 Å². The number of rotatable bonds is 3. The smallest absolute Gasteiger partial charge is 0.317 e. The first-order valence-corrected chi connectivity index (χ1v) is 10.0. The summed E-state index contributed by atoms with van der Waals surface area (Å²) in [5, 5.41) is 3.03. The first-order chi connectivity index (χ1) is 10.8. The molecule has 1 aromatic heterocycles. The van der Waals surface area contributed by atoms with E-state index in [-0.39, 0.29) is 6.03 Å². The molecule has 0 saturated carbocycles. The first kappa shape index (κ1) is 15.8. The topological polar surface area (TPSA) is 48.5 Å². The maximum absolute atomic E-state index is 12.1. The maximum Gasteiger partial charge on any atom is 0.317 e. The molecular formula is C15H22N4OS2. The van der Waals surface area contributed by atoms with Gasteiger partial charge in [0, 0.05) is 61.9 Å². The van der Waals surface area contributed by atoms with Gasteiger partial charge in [0.1, 0.15) is 5.82 Å². The highest BCUT2D eigenvalue weighted by Gasteiger charge is 2.16. The van der Waals surface area contributed by atoms with E-state index in [1.165, 1.54) is 0 Å². The van der Waals surface area contributed by atoms with E-state index < -0.39 is 0 Å². The highest BCUT2D eigenvalue weighted by molar-refractivity contribution is 7.99. The molecule has 0 aliphatic carbocycles. The predicted molar refractivity (Wildman–Crippen MR) is 94.9 cm³/mol. The van der Waals surface area contributed by atoms with Gasteiger partial charge in [0.05, 0.1) is 0 Å². The van der Waals surface area contributed by atoms with Gasteiger partial charge in [-0.05, 0) is 17.7 Å². The van der Waals surface area contributed by atoms with Crippen molar-refractivity contribution in [2.24, 2.45) is 0 Å². The highest BCUT2D eigenvalue weighted by Crippen LogP contribution is 2.18. The van der Waals surface area contributed by atoms with Crippen molar-refractivity contribution in [3.05, 3.63) is 23.9 Å². The van der Waals surface area contributed by atoms with Crippen molar-refractivity contribution in [1.29, 1.82) is 0 Å². The van der Waals surface area contributed by atoms with Gasteiger partial charge in [0.25, 0.3) is 0 Å². The lowest BCUT2D eigenvalue weighted by Crippen LogP contribution is -2.44. The number of nitrogens with zero attached hydrogens (tertiary/aromatic N) is 3. The molecule has 2 aliphatic rings. The number of pyridine rings is 1. The monoisotopic (exact) mass is 338 g/mol. The second kappa shape index (κ2) is 7.97. The summed E-state index contributed by atoms with van der Waals surface area (Å²) in [6, 6.07) is 4.13. The van der Waals surface area contributed by atoms with Gasteiger partial charge in [-0.15, -0.1) is 0 Å². The van der Waals surface area contributed by atoms with Crippen LogP contribution in [0.5, 0.6) is 0 Å². The molecule has 2 fully saturated rings. The predicted octanol–water partition coefficient (Wildman–Crippen LogP) is 1.89. The molecule has 0 bridgehead atoms. The van der Waals surface area contributed by atoms with E-state index in [0.717, 1.165) is 60.6 Å². The summed E-state index contributed by atoms with van der Waals surface area (Å²) in [4.78, 5) is 20.8. The van der Waals surface area contributed by atoms with Crippen LogP contribution in [0.15, 0.2) is 18.3 Å². The molecule has 2 saturated heterocycles. The number of amides is 2. The van der Waals surface area contributed by atoms with Crippen LogP contribution in [-0.4, -0.2) is 65.1 Å². The van der Waals surface area contributed by atoms with E-state index in [9.17, 15) is 4.79 Å². The SMILES string of the molecule is O=C(NCc1ccnc(N2CCSCC2)c1)N1CCSCC1.